The fraction of sp³-hybridized carbons (Fsp3) is 0.818. The van der Waals surface area contributed by atoms with Crippen LogP contribution < -0.4 is 0 Å². The first-order valence-corrected chi connectivity index (χ1v) is 13.1. The molecule has 0 bridgehead atoms. The molecule has 146 valence electrons. The van der Waals surface area contributed by atoms with E-state index in [1.807, 2.05) is 6.92 Å². The van der Waals surface area contributed by atoms with Crippen LogP contribution in [0.4, 0.5) is 0 Å². The van der Waals surface area contributed by atoms with E-state index in [-0.39, 0.29) is 6.10 Å². The van der Waals surface area contributed by atoms with Gasteiger partial charge >= 0.3 is 8.56 Å². The molecule has 0 fully saturated rings. The number of hydrogen-bond donors (Lipinski definition) is 0. The van der Waals surface area contributed by atoms with E-state index in [1.165, 1.54) is 38.5 Å². The molecule has 0 aromatic carbocycles. The van der Waals surface area contributed by atoms with Crippen LogP contribution in [0.2, 0.25) is 13.1 Å². The van der Waals surface area contributed by atoms with Crippen molar-refractivity contribution in [2.45, 2.75) is 105 Å². The van der Waals surface area contributed by atoms with Crippen molar-refractivity contribution in [2.24, 2.45) is 5.92 Å². The van der Waals surface area contributed by atoms with E-state index in [9.17, 15) is 0 Å². The summed E-state index contributed by atoms with van der Waals surface area (Å²) in [4.78, 5) is 0. The summed E-state index contributed by atoms with van der Waals surface area (Å²) in [5.41, 5.74) is 0.890. The van der Waals surface area contributed by atoms with Gasteiger partial charge in [-0.3, -0.25) is 0 Å². The lowest BCUT2D eigenvalue weighted by atomic mass is 10.00. The van der Waals surface area contributed by atoms with Crippen molar-refractivity contribution in [3.05, 3.63) is 12.2 Å². The van der Waals surface area contributed by atoms with Gasteiger partial charge in [0.1, 0.15) is 6.10 Å². The van der Waals surface area contributed by atoms with Crippen molar-refractivity contribution in [1.29, 1.82) is 0 Å². The van der Waals surface area contributed by atoms with Crippen LogP contribution in [-0.4, -0.2) is 21.3 Å². The molecule has 0 saturated carbocycles. The predicted octanol–water partition coefficient (Wildman–Crippen LogP) is 6.86. The maximum atomic E-state index is 6.36. The zero-order valence-electron chi connectivity index (χ0n) is 17.7. The molecule has 0 N–H and O–H groups in total. The van der Waals surface area contributed by atoms with Gasteiger partial charge in [-0.2, -0.15) is 0 Å². The topological polar surface area (TPSA) is 18.5 Å². The van der Waals surface area contributed by atoms with Gasteiger partial charge < -0.3 is 8.85 Å². The molecule has 2 unspecified atom stereocenters. The van der Waals surface area contributed by atoms with E-state index < -0.39 is 8.56 Å². The van der Waals surface area contributed by atoms with Crippen molar-refractivity contribution < 1.29 is 8.85 Å². The Morgan fingerprint density at radius 1 is 1.00 bits per heavy atom. The van der Waals surface area contributed by atoms with Crippen LogP contribution in [0.1, 0.15) is 85.5 Å². The summed E-state index contributed by atoms with van der Waals surface area (Å²) in [6.45, 7) is 17.6. The van der Waals surface area contributed by atoms with Crippen LogP contribution in [0, 0.1) is 17.8 Å². The standard InChI is InChI=1S/C22H42O2Si/c1-8-10-11-12-13-14-15-19-23-25(6,7)24-22(18-17-20(3)4)21(5)16-9-2/h21-22H,3,8-16,19H2,1-2,4-7H3. The van der Waals surface area contributed by atoms with E-state index in [4.69, 9.17) is 8.85 Å². The Balaban J connectivity index is 4.28. The first kappa shape index (κ1) is 24.4. The second kappa shape index (κ2) is 14.6. The molecule has 2 nitrogen and oxygen atoms in total. The minimum Gasteiger partial charge on any atom is -0.394 e. The zero-order valence-corrected chi connectivity index (χ0v) is 18.7. The molecule has 2 atom stereocenters. The van der Waals surface area contributed by atoms with Gasteiger partial charge in [0.05, 0.1) is 0 Å². The average Bonchev–Trinajstić information content (AvgIpc) is 2.54. The quantitative estimate of drug-likeness (QED) is 0.190. The maximum absolute atomic E-state index is 6.36. The number of allylic oxidation sites excluding steroid dienone is 1. The largest absolute Gasteiger partial charge is 0.394 e. The third-order valence-electron chi connectivity index (χ3n) is 4.30. The fourth-order valence-corrected chi connectivity index (χ4v) is 4.41. The number of unbranched alkanes of at least 4 members (excludes halogenated alkanes) is 6. The van der Waals surface area contributed by atoms with Crippen LogP contribution in [0.5, 0.6) is 0 Å². The summed E-state index contributed by atoms with van der Waals surface area (Å²) in [5.74, 6) is 6.80. The zero-order chi connectivity index (χ0) is 19.1. The summed E-state index contributed by atoms with van der Waals surface area (Å²) in [7, 11) is -2.14. The molecule has 25 heavy (non-hydrogen) atoms. The Morgan fingerprint density at radius 2 is 1.60 bits per heavy atom. The Bertz CT molecular complexity index is 406. The third kappa shape index (κ3) is 14.3. The van der Waals surface area contributed by atoms with Gasteiger partial charge in [0.2, 0.25) is 0 Å². The van der Waals surface area contributed by atoms with Crippen molar-refractivity contribution in [3.8, 4) is 11.8 Å². The van der Waals surface area contributed by atoms with Gasteiger partial charge in [-0.05, 0) is 44.4 Å². The highest BCUT2D eigenvalue weighted by Gasteiger charge is 2.30. The van der Waals surface area contributed by atoms with Gasteiger partial charge in [-0.25, -0.2) is 0 Å². The minimum absolute atomic E-state index is 0.0487. The fourth-order valence-electron chi connectivity index (χ4n) is 2.81. The number of hydrogen-bond acceptors (Lipinski definition) is 2. The molecule has 0 radical (unpaired) electrons. The Kier molecular flexibility index (Phi) is 14.3. The van der Waals surface area contributed by atoms with Gasteiger partial charge in [0.15, 0.2) is 0 Å². The summed E-state index contributed by atoms with van der Waals surface area (Å²) >= 11 is 0. The molecular weight excluding hydrogens is 324 g/mol. The Labute approximate surface area is 159 Å². The first-order chi connectivity index (χ1) is 11.8. The molecule has 0 amide bonds. The van der Waals surface area contributed by atoms with Crippen LogP contribution in [0.15, 0.2) is 12.2 Å². The monoisotopic (exact) mass is 366 g/mol. The molecule has 0 aromatic rings. The van der Waals surface area contributed by atoms with Crippen molar-refractivity contribution in [2.75, 3.05) is 6.61 Å². The van der Waals surface area contributed by atoms with E-state index in [2.05, 4.69) is 52.3 Å². The Morgan fingerprint density at radius 3 is 2.16 bits per heavy atom. The predicted molar refractivity (Wildman–Crippen MR) is 113 cm³/mol. The number of rotatable bonds is 14. The summed E-state index contributed by atoms with van der Waals surface area (Å²) in [6, 6.07) is 0. The van der Waals surface area contributed by atoms with E-state index >= 15 is 0 Å². The van der Waals surface area contributed by atoms with Crippen molar-refractivity contribution in [1.82, 2.24) is 0 Å². The molecule has 3 heteroatoms. The highest BCUT2D eigenvalue weighted by atomic mass is 28.4. The highest BCUT2D eigenvalue weighted by Crippen LogP contribution is 2.20. The van der Waals surface area contributed by atoms with Gasteiger partial charge in [0.25, 0.3) is 0 Å². The summed E-state index contributed by atoms with van der Waals surface area (Å²) in [5, 5.41) is 0. The maximum Gasteiger partial charge on any atom is 0.332 e. The van der Waals surface area contributed by atoms with E-state index in [0.717, 1.165) is 31.4 Å². The van der Waals surface area contributed by atoms with E-state index in [0.29, 0.717) is 5.92 Å². The Hall–Kier alpha value is -0.563. The van der Waals surface area contributed by atoms with Gasteiger partial charge in [0, 0.05) is 6.61 Å². The van der Waals surface area contributed by atoms with Crippen molar-refractivity contribution in [3.63, 3.8) is 0 Å². The van der Waals surface area contributed by atoms with E-state index in [1.54, 1.807) is 0 Å². The molecule has 0 aliphatic heterocycles. The molecular formula is C22H42O2Si. The van der Waals surface area contributed by atoms with Crippen LogP contribution in [0.3, 0.4) is 0 Å². The lowest BCUT2D eigenvalue weighted by molar-refractivity contribution is 0.115. The van der Waals surface area contributed by atoms with Crippen LogP contribution >= 0.6 is 0 Å². The molecule has 0 aliphatic carbocycles. The third-order valence-corrected chi connectivity index (χ3v) is 6.02. The van der Waals surface area contributed by atoms with Gasteiger partial charge in [-0.1, -0.05) is 84.1 Å². The molecule has 0 saturated heterocycles. The summed E-state index contributed by atoms with van der Waals surface area (Å²) < 4.78 is 12.5. The average molecular weight is 367 g/mol. The first-order valence-electron chi connectivity index (χ1n) is 10.3. The van der Waals surface area contributed by atoms with Crippen molar-refractivity contribution >= 4 is 8.56 Å². The molecule has 0 aliphatic rings. The minimum atomic E-state index is -2.14. The smallest absolute Gasteiger partial charge is 0.332 e. The SMILES string of the molecule is C=C(C)C#CC(O[Si](C)(C)OCCCCCCCCC)C(C)CCC. The lowest BCUT2D eigenvalue weighted by Gasteiger charge is -2.29. The molecule has 0 heterocycles. The normalized spacial score (nSPS) is 13.8. The second-order valence-corrected chi connectivity index (χ2v) is 11.0. The second-order valence-electron chi connectivity index (χ2n) is 7.72. The molecule has 0 spiro atoms. The summed E-state index contributed by atoms with van der Waals surface area (Å²) in [6.07, 6.45) is 11.4. The van der Waals surface area contributed by atoms with Gasteiger partial charge in [-0.15, -0.1) is 0 Å². The molecule has 0 rings (SSSR count). The highest BCUT2D eigenvalue weighted by molar-refractivity contribution is 6.64. The van der Waals surface area contributed by atoms with Crippen LogP contribution in [0.25, 0.3) is 0 Å². The van der Waals surface area contributed by atoms with Crippen LogP contribution in [-0.2, 0) is 8.85 Å². The molecule has 0 aromatic heterocycles. The lowest BCUT2D eigenvalue weighted by Crippen LogP contribution is -2.41.